The van der Waals surface area contributed by atoms with Crippen LogP contribution in [-0.2, 0) is 12.8 Å². The molecule has 5 nitrogen and oxygen atoms in total. The molecule has 1 aromatic carbocycles. The minimum Gasteiger partial charge on any atom is -0.496 e. The third-order valence-corrected chi connectivity index (χ3v) is 4.64. The maximum Gasteiger partial charge on any atom is 0.191 e. The molecule has 0 bridgehead atoms. The lowest BCUT2D eigenvalue weighted by Crippen LogP contribution is -1.96. The Kier molecular flexibility index (Phi) is 4.62. The van der Waals surface area contributed by atoms with Crippen molar-refractivity contribution in [2.75, 3.05) is 7.11 Å². The van der Waals surface area contributed by atoms with Gasteiger partial charge in [0, 0.05) is 36.3 Å². The smallest absolute Gasteiger partial charge is 0.191 e. The Hall–Kier alpha value is -2.34. The van der Waals surface area contributed by atoms with Crippen LogP contribution in [0.3, 0.4) is 0 Å². The SMILES string of the molecule is COc1ccc(C)cc1CSc1nnc(-c2ccncc2)n1C. The molecule has 0 radical (unpaired) electrons. The van der Waals surface area contributed by atoms with Crippen LogP contribution in [0, 0.1) is 6.92 Å². The van der Waals surface area contributed by atoms with Crippen LogP contribution in [0.2, 0.25) is 0 Å². The summed E-state index contributed by atoms with van der Waals surface area (Å²) in [6, 6.07) is 10.1. The number of methoxy groups -OCH3 is 1. The predicted molar refractivity (Wildman–Crippen MR) is 91.5 cm³/mol. The van der Waals surface area contributed by atoms with E-state index in [4.69, 9.17) is 4.74 Å². The molecular formula is C17H18N4OS. The van der Waals surface area contributed by atoms with Gasteiger partial charge in [-0.15, -0.1) is 10.2 Å². The first-order chi connectivity index (χ1) is 11.2. The van der Waals surface area contributed by atoms with E-state index in [0.29, 0.717) is 0 Å². The second-order valence-electron chi connectivity index (χ2n) is 5.21. The van der Waals surface area contributed by atoms with Crippen molar-refractivity contribution in [3.8, 4) is 17.1 Å². The Balaban J connectivity index is 1.80. The third kappa shape index (κ3) is 3.37. The van der Waals surface area contributed by atoms with E-state index >= 15 is 0 Å². The van der Waals surface area contributed by atoms with E-state index in [1.807, 2.05) is 29.8 Å². The molecular weight excluding hydrogens is 308 g/mol. The average Bonchev–Trinajstić information content (AvgIpc) is 2.94. The number of thioether (sulfide) groups is 1. The molecule has 0 aliphatic carbocycles. The number of pyridine rings is 1. The fourth-order valence-electron chi connectivity index (χ4n) is 2.36. The zero-order valence-corrected chi connectivity index (χ0v) is 14.2. The van der Waals surface area contributed by atoms with Crippen LogP contribution >= 0.6 is 11.8 Å². The van der Waals surface area contributed by atoms with Crippen LogP contribution in [0.1, 0.15) is 11.1 Å². The molecule has 0 N–H and O–H groups in total. The van der Waals surface area contributed by atoms with E-state index in [2.05, 4.69) is 34.2 Å². The van der Waals surface area contributed by atoms with E-state index in [-0.39, 0.29) is 0 Å². The van der Waals surface area contributed by atoms with E-state index in [9.17, 15) is 0 Å². The summed E-state index contributed by atoms with van der Waals surface area (Å²) in [4.78, 5) is 4.03. The van der Waals surface area contributed by atoms with Gasteiger partial charge in [0.15, 0.2) is 11.0 Å². The largest absolute Gasteiger partial charge is 0.496 e. The number of hydrogen-bond donors (Lipinski definition) is 0. The summed E-state index contributed by atoms with van der Waals surface area (Å²) >= 11 is 1.65. The van der Waals surface area contributed by atoms with Gasteiger partial charge in [-0.05, 0) is 25.1 Å². The second-order valence-corrected chi connectivity index (χ2v) is 6.15. The van der Waals surface area contributed by atoms with Gasteiger partial charge in [-0.25, -0.2) is 0 Å². The first-order valence-corrected chi connectivity index (χ1v) is 8.23. The number of nitrogens with zero attached hydrogens (tertiary/aromatic N) is 4. The molecule has 0 saturated carbocycles. The number of aromatic nitrogens is 4. The van der Waals surface area contributed by atoms with Crippen molar-refractivity contribution in [1.29, 1.82) is 0 Å². The van der Waals surface area contributed by atoms with E-state index in [1.54, 1.807) is 31.3 Å². The van der Waals surface area contributed by atoms with Gasteiger partial charge in [0.1, 0.15) is 5.75 Å². The molecule has 0 aliphatic rings. The lowest BCUT2D eigenvalue weighted by atomic mass is 10.1. The van der Waals surface area contributed by atoms with Gasteiger partial charge in [0.2, 0.25) is 0 Å². The second kappa shape index (κ2) is 6.83. The van der Waals surface area contributed by atoms with Crippen molar-refractivity contribution >= 4 is 11.8 Å². The first kappa shape index (κ1) is 15.6. The fourth-order valence-corrected chi connectivity index (χ4v) is 3.24. The Morgan fingerprint density at radius 2 is 1.91 bits per heavy atom. The van der Waals surface area contributed by atoms with Gasteiger partial charge >= 0.3 is 0 Å². The molecule has 0 fully saturated rings. The van der Waals surface area contributed by atoms with Crippen molar-refractivity contribution in [3.63, 3.8) is 0 Å². The van der Waals surface area contributed by atoms with Gasteiger partial charge in [-0.1, -0.05) is 29.5 Å². The zero-order chi connectivity index (χ0) is 16.2. The molecule has 0 spiro atoms. The summed E-state index contributed by atoms with van der Waals surface area (Å²) in [6.07, 6.45) is 3.52. The Labute approximate surface area is 139 Å². The summed E-state index contributed by atoms with van der Waals surface area (Å²) in [5.74, 6) is 2.53. The molecule has 118 valence electrons. The van der Waals surface area contributed by atoms with Gasteiger partial charge in [-0.3, -0.25) is 4.98 Å². The highest BCUT2D eigenvalue weighted by atomic mass is 32.2. The minimum absolute atomic E-state index is 0.785. The van der Waals surface area contributed by atoms with Crippen LogP contribution in [0.15, 0.2) is 47.9 Å². The molecule has 0 atom stereocenters. The monoisotopic (exact) mass is 326 g/mol. The van der Waals surface area contributed by atoms with Crippen molar-refractivity contribution in [2.45, 2.75) is 17.8 Å². The molecule has 23 heavy (non-hydrogen) atoms. The standard InChI is InChI=1S/C17H18N4OS/c1-12-4-5-15(22-3)14(10-12)11-23-17-20-19-16(21(17)2)13-6-8-18-9-7-13/h4-10H,11H2,1-3H3. The average molecular weight is 326 g/mol. The molecule has 0 unspecified atom stereocenters. The van der Waals surface area contributed by atoms with Gasteiger partial charge in [0.25, 0.3) is 0 Å². The molecule has 0 saturated heterocycles. The highest BCUT2D eigenvalue weighted by Crippen LogP contribution is 2.29. The van der Waals surface area contributed by atoms with Crippen LogP contribution in [-0.4, -0.2) is 26.9 Å². The Morgan fingerprint density at radius 3 is 2.65 bits per heavy atom. The van der Waals surface area contributed by atoms with Crippen molar-refractivity contribution in [2.24, 2.45) is 7.05 Å². The number of hydrogen-bond acceptors (Lipinski definition) is 5. The summed E-state index contributed by atoms with van der Waals surface area (Å²) in [6.45, 7) is 2.08. The van der Waals surface area contributed by atoms with E-state index < -0.39 is 0 Å². The van der Waals surface area contributed by atoms with Gasteiger partial charge in [0.05, 0.1) is 7.11 Å². The number of benzene rings is 1. The highest BCUT2D eigenvalue weighted by molar-refractivity contribution is 7.98. The molecule has 2 aromatic heterocycles. The molecule has 6 heteroatoms. The van der Waals surface area contributed by atoms with Gasteiger partial charge < -0.3 is 9.30 Å². The maximum absolute atomic E-state index is 5.43. The quantitative estimate of drug-likeness (QED) is 0.672. The maximum atomic E-state index is 5.43. The fraction of sp³-hybridized carbons (Fsp3) is 0.235. The third-order valence-electron chi connectivity index (χ3n) is 3.57. The molecule has 3 rings (SSSR count). The molecule has 2 heterocycles. The molecule has 0 aliphatic heterocycles. The van der Waals surface area contributed by atoms with Crippen LogP contribution in [0.5, 0.6) is 5.75 Å². The minimum atomic E-state index is 0.785. The van der Waals surface area contributed by atoms with Crippen molar-refractivity contribution in [1.82, 2.24) is 19.7 Å². The van der Waals surface area contributed by atoms with E-state index in [1.165, 1.54) is 5.56 Å². The van der Waals surface area contributed by atoms with Crippen LogP contribution < -0.4 is 4.74 Å². The van der Waals surface area contributed by atoms with Crippen molar-refractivity contribution < 1.29 is 4.74 Å². The van der Waals surface area contributed by atoms with Crippen LogP contribution in [0.25, 0.3) is 11.4 Å². The summed E-state index contributed by atoms with van der Waals surface area (Å²) in [5, 5.41) is 9.47. The lowest BCUT2D eigenvalue weighted by Gasteiger charge is -2.09. The summed E-state index contributed by atoms with van der Waals surface area (Å²) in [7, 11) is 3.67. The summed E-state index contributed by atoms with van der Waals surface area (Å²) < 4.78 is 7.43. The lowest BCUT2D eigenvalue weighted by molar-refractivity contribution is 0.411. The van der Waals surface area contributed by atoms with Crippen molar-refractivity contribution in [3.05, 3.63) is 53.9 Å². The number of rotatable bonds is 5. The van der Waals surface area contributed by atoms with E-state index in [0.717, 1.165) is 33.6 Å². The Morgan fingerprint density at radius 1 is 1.13 bits per heavy atom. The summed E-state index contributed by atoms with van der Waals surface area (Å²) in [5.41, 5.74) is 3.39. The normalized spacial score (nSPS) is 10.7. The Bertz CT molecular complexity index is 802. The number of aryl methyl sites for hydroxylation is 1. The number of ether oxygens (including phenoxy) is 1. The molecule has 0 amide bonds. The first-order valence-electron chi connectivity index (χ1n) is 7.25. The van der Waals surface area contributed by atoms with Crippen LogP contribution in [0.4, 0.5) is 0 Å². The molecule has 3 aromatic rings. The zero-order valence-electron chi connectivity index (χ0n) is 13.4. The topological polar surface area (TPSA) is 52.8 Å². The van der Waals surface area contributed by atoms with Gasteiger partial charge in [-0.2, -0.15) is 0 Å². The predicted octanol–water partition coefficient (Wildman–Crippen LogP) is 3.49. The highest BCUT2D eigenvalue weighted by Gasteiger charge is 2.12.